The zero-order valence-corrected chi connectivity index (χ0v) is 5.83. The van der Waals surface area contributed by atoms with E-state index in [1.165, 1.54) is 0 Å². The highest BCUT2D eigenvalue weighted by atomic mass is 14.8. The summed E-state index contributed by atoms with van der Waals surface area (Å²) in [5, 5.41) is 2.87. The average Bonchev–Trinajstić information content (AvgIpc) is 1.89. The first-order chi connectivity index (χ1) is 4.41. The lowest BCUT2D eigenvalue weighted by Gasteiger charge is -1.78. The quantitative estimate of drug-likeness (QED) is 0.492. The molecule has 0 aromatic heterocycles. The molecule has 0 unspecified atom stereocenters. The van der Waals surface area contributed by atoms with E-state index in [1.54, 1.807) is 13.3 Å². The van der Waals surface area contributed by atoms with Crippen molar-refractivity contribution in [3.05, 3.63) is 24.4 Å². The summed E-state index contributed by atoms with van der Waals surface area (Å²) in [5.41, 5.74) is 0. The van der Waals surface area contributed by atoms with Crippen LogP contribution in [-0.4, -0.2) is 20.3 Å². The minimum absolute atomic E-state index is 0. The maximum atomic E-state index is 3.77. The zero-order chi connectivity index (χ0) is 6.95. The Bertz CT molecular complexity index is 124. The van der Waals surface area contributed by atoms with E-state index < -0.39 is 0 Å². The van der Waals surface area contributed by atoms with Crippen LogP contribution >= 0.6 is 0 Å². The first-order valence-electron chi connectivity index (χ1n) is 2.83. The molecule has 66 valence electrons. The lowest BCUT2D eigenvalue weighted by atomic mass is 10.5. The Balaban J connectivity index is -0.000000320. The number of rotatable bonds is 3. The molecule has 0 radical (unpaired) electrons. The number of hydrogen-bond acceptors (Lipinski definition) is 2. The molecule has 0 bridgehead atoms. The first kappa shape index (κ1) is 16.5. The summed E-state index contributed by atoms with van der Waals surface area (Å²) >= 11 is 0. The highest BCUT2D eigenvalue weighted by Gasteiger charge is 1.58. The van der Waals surface area contributed by atoms with Crippen LogP contribution in [0.3, 0.4) is 0 Å². The van der Waals surface area contributed by atoms with Crippen LogP contribution in [0.4, 0.5) is 0 Å². The van der Waals surface area contributed by atoms with Crippen molar-refractivity contribution < 1.29 is 0 Å². The van der Waals surface area contributed by atoms with Gasteiger partial charge in [0.15, 0.2) is 0 Å². The molecule has 0 saturated carbocycles. The lowest BCUT2D eigenvalue weighted by molar-refractivity contribution is 1.10. The molecular formula is C9H20N2. The fourth-order valence-corrected chi connectivity index (χ4v) is 0.352. The Hall–Kier alpha value is -1.05. The summed E-state index contributed by atoms with van der Waals surface area (Å²) in [6, 6.07) is 0. The molecule has 0 aromatic carbocycles. The van der Waals surface area contributed by atoms with E-state index >= 15 is 0 Å². The van der Waals surface area contributed by atoms with E-state index in [-0.39, 0.29) is 14.9 Å². The molecule has 0 aromatic rings. The SMILES string of the molecule is C.C.CN=CC=CC=CNC. The fraction of sp³-hybridized carbons (Fsp3) is 0.444. The van der Waals surface area contributed by atoms with Crippen LogP contribution in [0.5, 0.6) is 0 Å². The Kier molecular flexibility index (Phi) is 24.0. The van der Waals surface area contributed by atoms with E-state index in [0.717, 1.165) is 0 Å². The van der Waals surface area contributed by atoms with E-state index in [9.17, 15) is 0 Å². The number of allylic oxidation sites excluding steroid dienone is 3. The third kappa shape index (κ3) is 17.6. The number of aliphatic imine (C=N–C) groups is 1. The molecule has 0 aliphatic heterocycles. The molecule has 0 amide bonds. The van der Waals surface area contributed by atoms with Gasteiger partial charge in [0, 0.05) is 20.3 Å². The Morgan fingerprint density at radius 3 is 2.18 bits per heavy atom. The molecule has 0 atom stereocenters. The van der Waals surface area contributed by atoms with E-state index in [1.807, 2.05) is 31.5 Å². The summed E-state index contributed by atoms with van der Waals surface area (Å²) < 4.78 is 0. The van der Waals surface area contributed by atoms with Crippen molar-refractivity contribution >= 4 is 6.21 Å². The number of nitrogens with zero attached hydrogens (tertiary/aromatic N) is 1. The molecule has 2 nitrogen and oxygen atoms in total. The second kappa shape index (κ2) is 16.0. The summed E-state index contributed by atoms with van der Waals surface area (Å²) in [6.07, 6.45) is 9.26. The van der Waals surface area contributed by atoms with Gasteiger partial charge in [-0.1, -0.05) is 20.9 Å². The standard InChI is InChI=1S/C7H12N2.2CH4/c1-8-6-4-3-5-7-9-2;;/h3-8H,1-2H3;2*1H4. The van der Waals surface area contributed by atoms with Gasteiger partial charge in [-0.15, -0.1) is 0 Å². The smallest absolute Gasteiger partial charge is 0.0277 e. The topological polar surface area (TPSA) is 24.4 Å². The predicted octanol–water partition coefficient (Wildman–Crippen LogP) is 2.25. The Morgan fingerprint density at radius 2 is 1.73 bits per heavy atom. The summed E-state index contributed by atoms with van der Waals surface area (Å²) in [4.78, 5) is 3.77. The Morgan fingerprint density at radius 1 is 1.09 bits per heavy atom. The molecule has 2 heteroatoms. The third-order valence-corrected chi connectivity index (χ3v) is 0.720. The molecule has 1 N–H and O–H groups in total. The van der Waals surface area contributed by atoms with Gasteiger partial charge in [0.2, 0.25) is 0 Å². The maximum absolute atomic E-state index is 3.77. The first-order valence-corrected chi connectivity index (χ1v) is 2.83. The molecule has 0 heterocycles. The van der Waals surface area contributed by atoms with Gasteiger partial charge >= 0.3 is 0 Å². The zero-order valence-electron chi connectivity index (χ0n) is 5.83. The van der Waals surface area contributed by atoms with Gasteiger partial charge in [0.05, 0.1) is 0 Å². The minimum Gasteiger partial charge on any atom is -0.394 e. The summed E-state index contributed by atoms with van der Waals surface area (Å²) in [5.74, 6) is 0. The van der Waals surface area contributed by atoms with Crippen LogP contribution in [0.2, 0.25) is 0 Å². The van der Waals surface area contributed by atoms with Crippen LogP contribution in [0.15, 0.2) is 29.4 Å². The molecular weight excluding hydrogens is 136 g/mol. The van der Waals surface area contributed by atoms with Crippen molar-refractivity contribution in [1.82, 2.24) is 5.32 Å². The van der Waals surface area contributed by atoms with Crippen molar-refractivity contribution in [2.45, 2.75) is 14.9 Å². The Labute approximate surface area is 70.7 Å². The third-order valence-electron chi connectivity index (χ3n) is 0.720. The van der Waals surface area contributed by atoms with E-state index in [4.69, 9.17) is 0 Å². The van der Waals surface area contributed by atoms with Crippen LogP contribution in [0.1, 0.15) is 14.9 Å². The van der Waals surface area contributed by atoms with Crippen molar-refractivity contribution in [3.8, 4) is 0 Å². The number of hydrogen-bond donors (Lipinski definition) is 1. The second-order valence-electron chi connectivity index (χ2n) is 1.44. The average molecular weight is 156 g/mol. The molecule has 0 aliphatic carbocycles. The minimum atomic E-state index is 0. The van der Waals surface area contributed by atoms with Crippen LogP contribution in [-0.2, 0) is 0 Å². The highest BCUT2D eigenvalue weighted by Crippen LogP contribution is 1.70. The fourth-order valence-electron chi connectivity index (χ4n) is 0.352. The van der Waals surface area contributed by atoms with Gasteiger partial charge in [-0.25, -0.2) is 0 Å². The van der Waals surface area contributed by atoms with Crippen molar-refractivity contribution in [3.63, 3.8) is 0 Å². The molecule has 0 saturated heterocycles. The summed E-state index contributed by atoms with van der Waals surface area (Å²) in [6.45, 7) is 0. The van der Waals surface area contributed by atoms with Gasteiger partial charge in [-0.05, 0) is 18.4 Å². The molecule has 0 aliphatic rings. The van der Waals surface area contributed by atoms with Gasteiger partial charge in [-0.2, -0.15) is 0 Å². The molecule has 0 spiro atoms. The summed E-state index contributed by atoms with van der Waals surface area (Å²) in [7, 11) is 3.60. The van der Waals surface area contributed by atoms with Gasteiger partial charge in [0.1, 0.15) is 0 Å². The predicted molar refractivity (Wildman–Crippen MR) is 55.2 cm³/mol. The van der Waals surface area contributed by atoms with Gasteiger partial charge in [0.25, 0.3) is 0 Å². The van der Waals surface area contributed by atoms with Crippen molar-refractivity contribution in [1.29, 1.82) is 0 Å². The number of nitrogens with one attached hydrogen (secondary N) is 1. The van der Waals surface area contributed by atoms with Crippen LogP contribution in [0, 0.1) is 0 Å². The molecule has 0 rings (SSSR count). The van der Waals surface area contributed by atoms with Crippen molar-refractivity contribution in [2.24, 2.45) is 4.99 Å². The van der Waals surface area contributed by atoms with Crippen LogP contribution in [0.25, 0.3) is 0 Å². The largest absolute Gasteiger partial charge is 0.394 e. The van der Waals surface area contributed by atoms with Gasteiger partial charge in [-0.3, -0.25) is 4.99 Å². The molecule has 0 fully saturated rings. The van der Waals surface area contributed by atoms with Crippen LogP contribution < -0.4 is 5.32 Å². The van der Waals surface area contributed by atoms with Gasteiger partial charge < -0.3 is 5.32 Å². The lowest BCUT2D eigenvalue weighted by Crippen LogP contribution is -1.89. The van der Waals surface area contributed by atoms with Crippen molar-refractivity contribution in [2.75, 3.05) is 14.1 Å². The monoisotopic (exact) mass is 156 g/mol. The van der Waals surface area contributed by atoms with E-state index in [0.29, 0.717) is 0 Å². The molecule has 11 heavy (non-hydrogen) atoms. The highest BCUT2D eigenvalue weighted by molar-refractivity contribution is 5.71. The normalized spacial score (nSPS) is 10.0. The second-order valence-corrected chi connectivity index (χ2v) is 1.44. The van der Waals surface area contributed by atoms with E-state index in [2.05, 4.69) is 10.3 Å². The maximum Gasteiger partial charge on any atom is 0.0277 e.